The molecule has 2 saturated heterocycles. The minimum absolute atomic E-state index is 0.317. The highest BCUT2D eigenvalue weighted by Gasteiger charge is 2.35. The quantitative estimate of drug-likeness (QED) is 0.564. The second kappa shape index (κ2) is 5.84. The van der Waals surface area contributed by atoms with E-state index < -0.39 is 8.07 Å². The average Bonchev–Trinajstić information content (AvgIpc) is 2.26. The Kier molecular flexibility index (Phi) is 4.61. The van der Waals surface area contributed by atoms with Crippen LogP contribution in [0.5, 0.6) is 0 Å². The van der Waals surface area contributed by atoms with Gasteiger partial charge in [0.1, 0.15) is 13.9 Å². The van der Waals surface area contributed by atoms with Crippen molar-refractivity contribution >= 4 is 25.6 Å². The molecule has 0 amide bonds. The zero-order chi connectivity index (χ0) is 13.2. The molecule has 2 fully saturated rings. The molecule has 0 N–H and O–H groups in total. The van der Waals surface area contributed by atoms with Crippen molar-refractivity contribution in [1.29, 1.82) is 0 Å². The Morgan fingerprint density at radius 3 is 2.39 bits per heavy atom. The Morgan fingerprint density at radius 2 is 1.83 bits per heavy atom. The van der Waals surface area contributed by atoms with Gasteiger partial charge in [-0.2, -0.15) is 11.8 Å². The van der Waals surface area contributed by atoms with Crippen LogP contribution in [0.3, 0.4) is 0 Å². The lowest BCUT2D eigenvalue weighted by Gasteiger charge is -2.37. The van der Waals surface area contributed by atoms with Gasteiger partial charge in [-0.3, -0.25) is 4.79 Å². The first-order valence-electron chi connectivity index (χ1n) is 7.12. The van der Waals surface area contributed by atoms with E-state index in [1.807, 2.05) is 0 Å². The summed E-state index contributed by atoms with van der Waals surface area (Å²) in [5.74, 6) is 3.88. The van der Waals surface area contributed by atoms with E-state index in [1.165, 1.54) is 19.3 Å². The van der Waals surface area contributed by atoms with Gasteiger partial charge in [0.2, 0.25) is 0 Å². The normalized spacial score (nSPS) is 31.4. The summed E-state index contributed by atoms with van der Waals surface area (Å²) in [6.45, 7) is 6.68. The number of carbonyl (C=O) groups excluding carboxylic acids is 1. The molecule has 2 aliphatic rings. The molecule has 2 bridgehead atoms. The average molecular weight is 281 g/mol. The smallest absolute Gasteiger partial charge is 0.147 e. The van der Waals surface area contributed by atoms with Crippen LogP contribution in [0.2, 0.25) is 19.6 Å². The molecule has 2 unspecified atom stereocenters. The van der Waals surface area contributed by atoms with Crippen molar-refractivity contribution in [2.45, 2.75) is 68.7 Å². The first-order valence-corrected chi connectivity index (χ1v) is 11.6. The fraction of sp³-hybridized carbons (Fsp3) is 0.800. The number of ketones is 1. The summed E-state index contributed by atoms with van der Waals surface area (Å²) in [4.78, 5) is 12.2. The molecule has 100 valence electrons. The van der Waals surface area contributed by atoms with Gasteiger partial charge >= 0.3 is 0 Å². The van der Waals surface area contributed by atoms with E-state index in [0.717, 1.165) is 23.3 Å². The zero-order valence-corrected chi connectivity index (χ0v) is 13.6. The molecule has 1 nitrogen and oxygen atoms in total. The summed E-state index contributed by atoms with van der Waals surface area (Å²) in [6.07, 6.45) is 6.76. The van der Waals surface area contributed by atoms with Gasteiger partial charge in [-0.25, -0.2) is 0 Å². The minimum Gasteiger partial charge on any atom is -0.298 e. The van der Waals surface area contributed by atoms with Crippen molar-refractivity contribution in [3.05, 3.63) is 0 Å². The van der Waals surface area contributed by atoms with Crippen molar-refractivity contribution in [2.75, 3.05) is 0 Å². The number of hydrogen-bond acceptors (Lipinski definition) is 2. The molecule has 0 aromatic carbocycles. The predicted molar refractivity (Wildman–Crippen MR) is 82.5 cm³/mol. The van der Waals surface area contributed by atoms with E-state index in [9.17, 15) is 4.79 Å². The van der Waals surface area contributed by atoms with Crippen LogP contribution in [0, 0.1) is 17.4 Å². The van der Waals surface area contributed by atoms with Crippen LogP contribution in [0.15, 0.2) is 0 Å². The maximum absolute atomic E-state index is 12.2. The summed E-state index contributed by atoms with van der Waals surface area (Å²) >= 11 is 2.14. The zero-order valence-electron chi connectivity index (χ0n) is 11.8. The topological polar surface area (TPSA) is 17.1 Å². The number of hydrogen-bond donors (Lipinski definition) is 0. The molecule has 2 atom stereocenters. The summed E-state index contributed by atoms with van der Waals surface area (Å²) < 4.78 is 0. The van der Waals surface area contributed by atoms with E-state index in [0.29, 0.717) is 18.1 Å². The van der Waals surface area contributed by atoms with Gasteiger partial charge in [-0.15, -0.1) is 11.5 Å². The van der Waals surface area contributed by atoms with Crippen LogP contribution in [0.4, 0.5) is 0 Å². The van der Waals surface area contributed by atoms with Crippen molar-refractivity contribution in [1.82, 2.24) is 0 Å². The third kappa shape index (κ3) is 4.17. The summed E-state index contributed by atoms with van der Waals surface area (Å²) in [6, 6.07) is 0. The van der Waals surface area contributed by atoms with Crippen LogP contribution in [-0.2, 0) is 4.79 Å². The Balaban J connectivity index is 1.87. The molecule has 2 rings (SSSR count). The summed E-state index contributed by atoms with van der Waals surface area (Å²) in [5.41, 5.74) is 3.31. The molecule has 0 radical (unpaired) electrons. The minimum atomic E-state index is -1.31. The number of fused-ring (bicyclic) bond motifs is 2. The largest absolute Gasteiger partial charge is 0.298 e. The SMILES string of the molecule is C[Si](C)(C)C#CCC(=O)C1CC2CCCC(C1)S2. The maximum atomic E-state index is 12.2. The molecule has 18 heavy (non-hydrogen) atoms. The van der Waals surface area contributed by atoms with Crippen molar-refractivity contribution < 1.29 is 4.79 Å². The van der Waals surface area contributed by atoms with E-state index in [1.54, 1.807) is 0 Å². The predicted octanol–water partition coefficient (Wildman–Crippen LogP) is 3.89. The fourth-order valence-corrected chi connectivity index (χ4v) is 5.32. The van der Waals surface area contributed by atoms with Crippen molar-refractivity contribution in [2.24, 2.45) is 5.92 Å². The first kappa shape index (κ1) is 14.2. The van der Waals surface area contributed by atoms with Gasteiger partial charge in [-0.1, -0.05) is 26.1 Å². The lowest BCUT2D eigenvalue weighted by molar-refractivity contribution is -0.122. The molecule has 0 aliphatic carbocycles. The summed E-state index contributed by atoms with van der Waals surface area (Å²) in [7, 11) is -1.31. The van der Waals surface area contributed by atoms with Gasteiger partial charge in [0.25, 0.3) is 0 Å². The fourth-order valence-electron chi connectivity index (χ4n) is 2.86. The highest BCUT2D eigenvalue weighted by Crippen LogP contribution is 2.44. The number of thioether (sulfide) groups is 1. The standard InChI is InChI=1S/C15H24OSSi/c1-18(2,3)9-5-8-15(16)12-10-13-6-4-7-14(11-12)17-13/h12-14H,4,6-8,10-11H2,1-3H3. The second-order valence-corrected chi connectivity index (χ2v) is 13.0. The van der Waals surface area contributed by atoms with Crippen molar-refractivity contribution in [3.63, 3.8) is 0 Å². The highest BCUT2D eigenvalue weighted by molar-refractivity contribution is 8.00. The third-order valence-corrected chi connectivity index (χ3v) is 6.27. The molecule has 3 heteroatoms. The van der Waals surface area contributed by atoms with Crippen LogP contribution < -0.4 is 0 Å². The Bertz CT molecular complexity index is 362. The summed E-state index contributed by atoms with van der Waals surface area (Å²) in [5, 5.41) is 1.52. The van der Waals surface area contributed by atoms with E-state index in [-0.39, 0.29) is 0 Å². The van der Waals surface area contributed by atoms with Gasteiger partial charge in [-0.05, 0) is 25.7 Å². The van der Waals surface area contributed by atoms with Crippen LogP contribution in [-0.4, -0.2) is 24.4 Å². The Hall–Kier alpha value is -0.203. The molecular weight excluding hydrogens is 256 g/mol. The van der Waals surface area contributed by atoms with Gasteiger partial charge in [0.15, 0.2) is 0 Å². The van der Waals surface area contributed by atoms with Gasteiger partial charge < -0.3 is 0 Å². The Labute approximate surface area is 117 Å². The van der Waals surface area contributed by atoms with Gasteiger partial charge in [0.05, 0.1) is 6.42 Å². The maximum Gasteiger partial charge on any atom is 0.147 e. The van der Waals surface area contributed by atoms with Crippen molar-refractivity contribution in [3.8, 4) is 11.5 Å². The molecule has 0 saturated carbocycles. The van der Waals surface area contributed by atoms with Crippen LogP contribution >= 0.6 is 11.8 Å². The number of Topliss-reactive ketones (excluding diaryl/α,β-unsaturated/α-hetero) is 1. The monoisotopic (exact) mass is 280 g/mol. The lowest BCUT2D eigenvalue weighted by Crippen LogP contribution is -2.32. The molecule has 0 spiro atoms. The highest BCUT2D eigenvalue weighted by atomic mass is 32.2. The van der Waals surface area contributed by atoms with Crippen LogP contribution in [0.25, 0.3) is 0 Å². The number of rotatable bonds is 2. The van der Waals surface area contributed by atoms with E-state index in [2.05, 4.69) is 42.9 Å². The number of carbonyl (C=O) groups is 1. The Morgan fingerprint density at radius 1 is 1.22 bits per heavy atom. The van der Waals surface area contributed by atoms with Crippen LogP contribution in [0.1, 0.15) is 38.5 Å². The van der Waals surface area contributed by atoms with E-state index >= 15 is 0 Å². The van der Waals surface area contributed by atoms with Gasteiger partial charge in [0, 0.05) is 16.4 Å². The second-order valence-electron chi connectivity index (χ2n) is 6.67. The molecule has 2 aliphatic heterocycles. The molecule has 0 aromatic heterocycles. The lowest BCUT2D eigenvalue weighted by atomic mass is 9.86. The third-order valence-electron chi connectivity index (χ3n) is 3.71. The molecule has 0 aromatic rings. The van der Waals surface area contributed by atoms with E-state index in [4.69, 9.17) is 0 Å². The first-order chi connectivity index (χ1) is 8.44. The molecule has 2 heterocycles. The molecular formula is C15H24OSSi.